The zero-order valence-electron chi connectivity index (χ0n) is 35.7. The lowest BCUT2D eigenvalue weighted by atomic mass is 10.2. The van der Waals surface area contributed by atoms with Crippen molar-refractivity contribution in [3.63, 3.8) is 0 Å². The number of carbonyl (C=O) groups is 2. The number of hydrogen-bond acceptors (Lipinski definition) is 16. The van der Waals surface area contributed by atoms with E-state index in [1.807, 2.05) is 77.0 Å². The van der Waals surface area contributed by atoms with Gasteiger partial charge in [-0.25, -0.2) is 24.5 Å². The predicted octanol–water partition coefficient (Wildman–Crippen LogP) is 8.15. The minimum Gasteiger partial charge on any atom is -0.476 e. The first-order valence-electron chi connectivity index (χ1n) is 18.8. The van der Waals surface area contributed by atoms with E-state index in [1.165, 1.54) is 9.36 Å². The Morgan fingerprint density at radius 2 is 1.13 bits per heavy atom. The van der Waals surface area contributed by atoms with Crippen molar-refractivity contribution in [1.82, 2.24) is 49.3 Å². The van der Waals surface area contributed by atoms with Crippen molar-refractivity contribution >= 4 is 91.8 Å². The van der Waals surface area contributed by atoms with Crippen molar-refractivity contribution < 1.29 is 28.9 Å². The van der Waals surface area contributed by atoms with Gasteiger partial charge in [0.2, 0.25) is 16.4 Å². The van der Waals surface area contributed by atoms with Crippen LogP contribution in [0.1, 0.15) is 41.5 Å². The largest absolute Gasteiger partial charge is 0.476 e. The number of rotatable bonds is 10. The average molecular weight is 902 g/mol. The number of nitrogens with zero attached hydrogens (tertiary/aromatic N) is 10. The maximum Gasteiger partial charge on any atom is 0.435 e. The van der Waals surface area contributed by atoms with Gasteiger partial charge in [-0.1, -0.05) is 11.6 Å². The predicted molar refractivity (Wildman–Crippen MR) is 238 cm³/mol. The van der Waals surface area contributed by atoms with Crippen molar-refractivity contribution in [2.24, 2.45) is 0 Å². The summed E-state index contributed by atoms with van der Waals surface area (Å²) in [5.41, 5.74) is 1.57. The van der Waals surface area contributed by atoms with Gasteiger partial charge in [0.1, 0.15) is 34.6 Å². The smallest absolute Gasteiger partial charge is 0.435 e. The minimum atomic E-state index is -0.602. The average Bonchev–Trinajstić information content (AvgIpc) is 3.74. The number of aliphatic hydroxyl groups excluding tert-OH is 1. The molecule has 0 bridgehead atoms. The first-order valence-corrected chi connectivity index (χ1v) is 20.0. The number of anilines is 4. The summed E-state index contributed by atoms with van der Waals surface area (Å²) in [6.45, 7) is 13.1. The van der Waals surface area contributed by atoms with Gasteiger partial charge in [0.15, 0.2) is 0 Å². The number of ether oxygens (including phenoxy) is 3. The second-order valence-corrected chi connectivity index (χ2v) is 16.8. The molecule has 18 nitrogen and oxygen atoms in total. The maximum atomic E-state index is 12.3. The van der Waals surface area contributed by atoms with Gasteiger partial charge in [0.05, 0.1) is 30.0 Å². The molecule has 21 heteroatoms. The number of likely N-dealkylation sites (N-methyl/N-ethyl adjacent to an activating group) is 2. The summed E-state index contributed by atoms with van der Waals surface area (Å²) in [4.78, 5) is 44.6. The second kappa shape index (κ2) is 21.4. The molecule has 4 aromatic heterocycles. The van der Waals surface area contributed by atoms with Gasteiger partial charge < -0.3 is 39.8 Å². The first kappa shape index (κ1) is 48.3. The Labute approximate surface area is 369 Å². The van der Waals surface area contributed by atoms with Crippen LogP contribution in [0.3, 0.4) is 0 Å². The molecule has 0 fully saturated rings. The number of fused-ring (bicyclic) bond motifs is 2. The Morgan fingerprint density at radius 3 is 1.54 bits per heavy atom. The Morgan fingerprint density at radius 1 is 0.672 bits per heavy atom. The van der Waals surface area contributed by atoms with Gasteiger partial charge in [0, 0.05) is 47.4 Å². The third-order valence-corrected chi connectivity index (χ3v) is 8.02. The Hall–Kier alpha value is -5.37. The topological polar surface area (TPSA) is 200 Å². The van der Waals surface area contributed by atoms with Crippen LogP contribution < -0.4 is 15.4 Å². The molecule has 0 radical (unpaired) electrons. The van der Waals surface area contributed by atoms with E-state index >= 15 is 0 Å². The van der Waals surface area contributed by atoms with Crippen molar-refractivity contribution in [1.29, 1.82) is 0 Å². The zero-order chi connectivity index (χ0) is 45.1. The number of aromatic nitrogens is 8. The molecular formula is C40H51Cl3N12O6. The lowest BCUT2D eigenvalue weighted by Gasteiger charge is -2.19. The van der Waals surface area contributed by atoms with Gasteiger partial charge in [-0.2, -0.15) is 24.5 Å². The van der Waals surface area contributed by atoms with E-state index in [4.69, 9.17) is 54.1 Å². The highest BCUT2D eigenvalue weighted by atomic mass is 35.5. The molecule has 0 aliphatic rings. The number of hydrogen-bond donors (Lipinski definition) is 3. The highest BCUT2D eigenvalue weighted by Gasteiger charge is 2.21. The fourth-order valence-electron chi connectivity index (χ4n) is 4.94. The summed E-state index contributed by atoms with van der Waals surface area (Å²) >= 11 is 17.7. The minimum absolute atomic E-state index is 0.0498. The molecule has 3 N–H and O–H groups in total. The highest BCUT2D eigenvalue weighted by molar-refractivity contribution is 6.32. The Bertz CT molecular complexity index is 2390. The van der Waals surface area contributed by atoms with E-state index in [2.05, 4.69) is 40.8 Å². The molecule has 0 amide bonds. The number of nitrogens with one attached hydrogen (secondary N) is 2. The Balaban J connectivity index is 0.000000240. The standard InChI is InChI=1S/C20H25ClN6O3.C16H15Cl2N5O2.C4H11NO/c1-20(2,3)30-19(28)27-15-7-6-14(10-13(15)12-22-27)23-16-11-17(25-18(21)24-16)29-9-8-26(4)5;1-16(2,3)25-15(24)23-11-5-4-10(6-9(11)8-19-23)20-13-7-12(17)21-14(18)22-13;1-5(2)3-4-6/h6-7,10-12H,8-9H2,1-5H3,(H,23,24,25);4-8H,1-3H3,(H,20,21,22);6H,3-4H2,1-2H3. The highest BCUT2D eigenvalue weighted by Crippen LogP contribution is 2.26. The molecule has 2 aromatic carbocycles. The lowest BCUT2D eigenvalue weighted by Crippen LogP contribution is -2.27. The molecule has 6 rings (SSSR count). The Kier molecular flexibility index (Phi) is 17.0. The van der Waals surface area contributed by atoms with Gasteiger partial charge in [-0.3, -0.25) is 0 Å². The van der Waals surface area contributed by atoms with Crippen molar-refractivity contribution in [2.45, 2.75) is 52.7 Å². The molecule has 0 atom stereocenters. The van der Waals surface area contributed by atoms with Crippen molar-refractivity contribution in [2.75, 3.05) is 65.1 Å². The molecule has 0 unspecified atom stereocenters. The van der Waals surface area contributed by atoms with Crippen LogP contribution in [0.5, 0.6) is 5.88 Å². The zero-order valence-corrected chi connectivity index (χ0v) is 38.0. The fourth-order valence-corrected chi connectivity index (χ4v) is 5.52. The van der Waals surface area contributed by atoms with Gasteiger partial charge in [-0.05, 0) is 129 Å². The van der Waals surface area contributed by atoms with E-state index in [9.17, 15) is 9.59 Å². The lowest BCUT2D eigenvalue weighted by molar-refractivity contribution is 0.0511. The summed E-state index contributed by atoms with van der Waals surface area (Å²) in [5.74, 6) is 1.34. The van der Waals surface area contributed by atoms with E-state index in [0.717, 1.165) is 35.2 Å². The molecule has 328 valence electrons. The van der Waals surface area contributed by atoms with Crippen LogP contribution in [0.15, 0.2) is 60.9 Å². The van der Waals surface area contributed by atoms with Gasteiger partial charge >= 0.3 is 12.2 Å². The number of halogens is 3. The SMILES string of the molecule is CC(C)(C)OC(=O)n1ncc2cc(Nc3cc(Cl)nc(Cl)n3)ccc21.CN(C)CCO.CN(C)CCOc1cc(Nc2ccc3c(cnn3C(=O)OC(C)(C)C)c2)nc(Cl)n1. The molecule has 0 spiro atoms. The third-order valence-electron chi connectivity index (χ3n) is 7.49. The monoisotopic (exact) mass is 900 g/mol. The number of benzene rings is 2. The number of carbonyl (C=O) groups excluding carboxylic acids is 2. The van der Waals surface area contributed by atoms with Crippen molar-refractivity contribution in [3.05, 3.63) is 76.6 Å². The molecule has 61 heavy (non-hydrogen) atoms. The molecular weight excluding hydrogens is 851 g/mol. The summed E-state index contributed by atoms with van der Waals surface area (Å²) < 4.78 is 18.8. The van der Waals surface area contributed by atoms with Crippen molar-refractivity contribution in [3.8, 4) is 5.88 Å². The van der Waals surface area contributed by atoms with Crippen LogP contribution in [-0.4, -0.2) is 132 Å². The molecule has 0 aliphatic heterocycles. The van der Waals surface area contributed by atoms with E-state index < -0.39 is 23.4 Å². The third kappa shape index (κ3) is 15.9. The van der Waals surface area contributed by atoms with E-state index in [-0.39, 0.29) is 22.3 Å². The molecule has 0 aliphatic carbocycles. The molecule has 6 aromatic rings. The van der Waals surface area contributed by atoms with Crippen LogP contribution in [0, 0.1) is 0 Å². The van der Waals surface area contributed by atoms with Crippen LogP contribution in [0.25, 0.3) is 21.8 Å². The summed E-state index contributed by atoms with van der Waals surface area (Å²) in [6.07, 6.45) is 2.13. The fraction of sp³-hybridized carbons (Fsp3) is 0.400. The molecule has 4 heterocycles. The quantitative estimate of drug-likeness (QED) is 0.0878. The van der Waals surface area contributed by atoms with E-state index in [1.54, 1.807) is 63.5 Å². The first-order chi connectivity index (χ1) is 28.6. The van der Waals surface area contributed by atoms with Gasteiger partial charge in [0.25, 0.3) is 0 Å². The summed E-state index contributed by atoms with van der Waals surface area (Å²) in [7, 11) is 7.78. The van der Waals surface area contributed by atoms with Crippen LogP contribution in [-0.2, 0) is 9.47 Å². The van der Waals surface area contributed by atoms with Crippen LogP contribution >= 0.6 is 34.8 Å². The molecule has 0 saturated carbocycles. The van der Waals surface area contributed by atoms with Crippen LogP contribution in [0.4, 0.5) is 32.6 Å². The van der Waals surface area contributed by atoms with E-state index in [0.29, 0.717) is 35.2 Å². The normalized spacial score (nSPS) is 11.5. The molecule has 0 saturated heterocycles. The van der Waals surface area contributed by atoms with Crippen LogP contribution in [0.2, 0.25) is 15.7 Å². The maximum absolute atomic E-state index is 12.3. The summed E-state index contributed by atoms with van der Waals surface area (Å²) in [5, 5.41) is 24.6. The number of aliphatic hydroxyl groups is 1. The van der Waals surface area contributed by atoms with Gasteiger partial charge in [-0.15, -0.1) is 0 Å². The summed E-state index contributed by atoms with van der Waals surface area (Å²) in [6, 6.07) is 14.1. The second-order valence-electron chi connectivity index (χ2n) is 15.8.